The summed E-state index contributed by atoms with van der Waals surface area (Å²) in [5.74, 6) is 0. The van der Waals surface area contributed by atoms with Gasteiger partial charge in [-0.15, -0.1) is 0 Å². The molecule has 1 aliphatic rings. The molecule has 1 aliphatic heterocycles. The fraction of sp³-hybridized carbons (Fsp3) is 0.615. The molecule has 0 spiro atoms. The minimum atomic E-state index is -1.07. The summed E-state index contributed by atoms with van der Waals surface area (Å²) in [6.07, 6.45) is -1.47. The lowest BCUT2D eigenvalue weighted by molar-refractivity contribution is -0.181. The summed E-state index contributed by atoms with van der Waals surface area (Å²) in [6, 6.07) is 0. The number of aromatic amines is 1. The second kappa shape index (κ2) is 6.34. The molecule has 0 aromatic carbocycles. The van der Waals surface area contributed by atoms with Gasteiger partial charge in [-0.3, -0.25) is 9.36 Å². The molecule has 10 nitrogen and oxygen atoms in total. The molecule has 10 heteroatoms. The second-order valence-corrected chi connectivity index (χ2v) is 5.20. The van der Waals surface area contributed by atoms with Crippen LogP contribution in [0.5, 0.6) is 0 Å². The highest BCUT2D eigenvalue weighted by Crippen LogP contribution is 2.33. The molecule has 2 aromatic heterocycles. The minimum Gasteiger partial charge on any atom is -0.394 e. The first kappa shape index (κ1) is 16.0. The Kier molecular flexibility index (Phi) is 4.41. The number of hydrogen-bond donors (Lipinski definition) is 3. The Labute approximate surface area is 130 Å². The molecule has 2 aromatic rings. The SMILES string of the molecule is COC(C)O[C@@H]1[C@H](O)[C@@H](CO)O[C@H]1n1cnc2c(=O)[nH]cnc21. The van der Waals surface area contributed by atoms with Gasteiger partial charge in [-0.05, 0) is 6.92 Å². The lowest BCUT2D eigenvalue weighted by atomic mass is 10.1. The Morgan fingerprint density at radius 1 is 1.52 bits per heavy atom. The number of rotatable bonds is 5. The summed E-state index contributed by atoms with van der Waals surface area (Å²) in [6.45, 7) is 1.30. The predicted octanol–water partition coefficient (Wildman–Crippen LogP) is -1.25. The van der Waals surface area contributed by atoms with E-state index in [1.54, 1.807) is 6.92 Å². The largest absolute Gasteiger partial charge is 0.394 e. The lowest BCUT2D eigenvalue weighted by Gasteiger charge is -2.24. The number of aliphatic hydroxyl groups excluding tert-OH is 2. The van der Waals surface area contributed by atoms with E-state index >= 15 is 0 Å². The van der Waals surface area contributed by atoms with Gasteiger partial charge in [0.1, 0.15) is 18.3 Å². The first-order chi connectivity index (χ1) is 11.1. The summed E-state index contributed by atoms with van der Waals surface area (Å²) in [5.41, 5.74) is 0.0634. The highest BCUT2D eigenvalue weighted by atomic mass is 16.7. The molecule has 0 saturated carbocycles. The van der Waals surface area contributed by atoms with Crippen molar-refractivity contribution in [3.8, 4) is 0 Å². The third-order valence-electron chi connectivity index (χ3n) is 3.81. The van der Waals surface area contributed by atoms with Crippen LogP contribution in [0.15, 0.2) is 17.4 Å². The van der Waals surface area contributed by atoms with Crippen molar-refractivity contribution in [3.05, 3.63) is 23.0 Å². The molecular weight excluding hydrogens is 308 g/mol. The van der Waals surface area contributed by atoms with Crippen LogP contribution in [0.3, 0.4) is 0 Å². The number of nitrogens with one attached hydrogen (secondary N) is 1. The smallest absolute Gasteiger partial charge is 0.278 e. The van der Waals surface area contributed by atoms with Crippen LogP contribution in [0, 0.1) is 0 Å². The van der Waals surface area contributed by atoms with Gasteiger partial charge in [-0.1, -0.05) is 0 Å². The average molecular weight is 326 g/mol. The van der Waals surface area contributed by atoms with Gasteiger partial charge in [-0.2, -0.15) is 0 Å². The first-order valence-corrected chi connectivity index (χ1v) is 7.09. The predicted molar refractivity (Wildman–Crippen MR) is 76.5 cm³/mol. The molecule has 0 aliphatic carbocycles. The summed E-state index contributed by atoms with van der Waals surface area (Å²) >= 11 is 0. The number of aromatic nitrogens is 4. The maximum absolute atomic E-state index is 11.7. The standard InChI is InChI=1S/C13H18N4O6/c1-6(21-2)22-10-9(19)7(3-18)23-13(10)17-5-16-8-11(17)14-4-15-12(8)20/h4-7,9-10,13,18-19H,3H2,1-2H3,(H,14,15,20)/t6?,7-,9-,10-,13-/m1/s1. The number of ether oxygens (including phenoxy) is 3. The molecule has 1 unspecified atom stereocenters. The Balaban J connectivity index is 2.00. The van der Waals surface area contributed by atoms with E-state index in [0.29, 0.717) is 5.65 Å². The van der Waals surface area contributed by atoms with Gasteiger partial charge in [0.25, 0.3) is 5.56 Å². The number of fused-ring (bicyclic) bond motifs is 1. The second-order valence-electron chi connectivity index (χ2n) is 5.20. The van der Waals surface area contributed by atoms with E-state index in [1.165, 1.54) is 24.3 Å². The number of hydrogen-bond acceptors (Lipinski definition) is 8. The minimum absolute atomic E-state index is 0.150. The van der Waals surface area contributed by atoms with Gasteiger partial charge in [0, 0.05) is 7.11 Å². The molecule has 0 radical (unpaired) electrons. The van der Waals surface area contributed by atoms with E-state index in [-0.39, 0.29) is 17.7 Å². The zero-order valence-corrected chi connectivity index (χ0v) is 12.6. The normalized spacial score (nSPS) is 29.2. The molecule has 1 saturated heterocycles. The van der Waals surface area contributed by atoms with Gasteiger partial charge in [0.15, 0.2) is 23.7 Å². The van der Waals surface area contributed by atoms with Crippen molar-refractivity contribution in [2.45, 2.75) is 37.8 Å². The zero-order chi connectivity index (χ0) is 16.6. The Morgan fingerprint density at radius 2 is 2.30 bits per heavy atom. The van der Waals surface area contributed by atoms with Gasteiger partial charge in [0.2, 0.25) is 0 Å². The van der Waals surface area contributed by atoms with Crippen LogP contribution < -0.4 is 5.56 Å². The average Bonchev–Trinajstić information content (AvgIpc) is 3.10. The van der Waals surface area contributed by atoms with E-state index < -0.39 is 30.8 Å². The van der Waals surface area contributed by atoms with Crippen LogP contribution in [0.2, 0.25) is 0 Å². The summed E-state index contributed by atoms with van der Waals surface area (Å²) in [5, 5.41) is 19.7. The molecule has 5 atom stereocenters. The highest BCUT2D eigenvalue weighted by molar-refractivity contribution is 5.68. The number of nitrogens with zero attached hydrogens (tertiary/aromatic N) is 3. The fourth-order valence-corrected chi connectivity index (χ4v) is 2.57. The maximum atomic E-state index is 11.7. The van der Waals surface area contributed by atoms with Crippen LogP contribution in [-0.2, 0) is 14.2 Å². The first-order valence-electron chi connectivity index (χ1n) is 7.09. The monoisotopic (exact) mass is 326 g/mol. The van der Waals surface area contributed by atoms with Crippen molar-refractivity contribution in [1.82, 2.24) is 19.5 Å². The molecule has 3 N–H and O–H groups in total. The third kappa shape index (κ3) is 2.75. The maximum Gasteiger partial charge on any atom is 0.278 e. The molecule has 0 bridgehead atoms. The van der Waals surface area contributed by atoms with Crippen molar-refractivity contribution >= 4 is 11.2 Å². The Bertz CT molecular complexity index is 731. The van der Waals surface area contributed by atoms with Crippen LogP contribution >= 0.6 is 0 Å². The van der Waals surface area contributed by atoms with Crippen molar-refractivity contribution in [1.29, 1.82) is 0 Å². The van der Waals surface area contributed by atoms with E-state index in [2.05, 4.69) is 15.0 Å². The van der Waals surface area contributed by atoms with Crippen LogP contribution in [-0.4, -0.2) is 68.1 Å². The lowest BCUT2D eigenvalue weighted by Crippen LogP contribution is -2.37. The van der Waals surface area contributed by atoms with E-state index in [1.807, 2.05) is 0 Å². The molecule has 0 amide bonds. The fourth-order valence-electron chi connectivity index (χ4n) is 2.57. The van der Waals surface area contributed by atoms with E-state index in [0.717, 1.165) is 0 Å². The van der Waals surface area contributed by atoms with Gasteiger partial charge < -0.3 is 29.4 Å². The number of H-pyrrole nitrogens is 1. The van der Waals surface area contributed by atoms with Crippen LogP contribution in [0.25, 0.3) is 11.2 Å². The summed E-state index contributed by atoms with van der Waals surface area (Å²) < 4.78 is 17.9. The number of aliphatic hydroxyl groups is 2. The Morgan fingerprint density at radius 3 is 3.00 bits per heavy atom. The summed E-state index contributed by atoms with van der Waals surface area (Å²) in [7, 11) is 1.47. The zero-order valence-electron chi connectivity index (χ0n) is 12.6. The van der Waals surface area contributed by atoms with E-state index in [9.17, 15) is 15.0 Å². The quantitative estimate of drug-likeness (QED) is 0.581. The Hall–Kier alpha value is -1.85. The molecule has 3 heterocycles. The third-order valence-corrected chi connectivity index (χ3v) is 3.81. The van der Waals surface area contributed by atoms with Crippen molar-refractivity contribution < 1.29 is 24.4 Å². The van der Waals surface area contributed by atoms with Gasteiger partial charge >= 0.3 is 0 Å². The van der Waals surface area contributed by atoms with Gasteiger partial charge in [0.05, 0.1) is 19.3 Å². The number of imidazole rings is 1. The van der Waals surface area contributed by atoms with Gasteiger partial charge in [-0.25, -0.2) is 9.97 Å². The van der Waals surface area contributed by atoms with E-state index in [4.69, 9.17) is 14.2 Å². The molecule has 126 valence electrons. The highest BCUT2D eigenvalue weighted by Gasteiger charge is 2.46. The van der Waals surface area contributed by atoms with Crippen LogP contribution in [0.4, 0.5) is 0 Å². The molecule has 23 heavy (non-hydrogen) atoms. The van der Waals surface area contributed by atoms with Crippen molar-refractivity contribution in [3.63, 3.8) is 0 Å². The molecule has 3 rings (SSSR count). The summed E-state index contributed by atoms with van der Waals surface area (Å²) in [4.78, 5) is 22.3. The van der Waals surface area contributed by atoms with Crippen molar-refractivity contribution in [2.24, 2.45) is 0 Å². The van der Waals surface area contributed by atoms with Crippen LogP contribution in [0.1, 0.15) is 13.2 Å². The number of methoxy groups -OCH3 is 1. The molecule has 1 fully saturated rings. The molecular formula is C13H18N4O6. The topological polar surface area (TPSA) is 132 Å². The van der Waals surface area contributed by atoms with Crippen molar-refractivity contribution in [2.75, 3.05) is 13.7 Å².